The monoisotopic (exact) mass is 388 g/mol. The molecule has 2 aliphatic rings. The molecule has 6 heteroatoms. The number of fused-ring (bicyclic) bond motifs is 1. The van der Waals surface area contributed by atoms with Crippen LogP contribution in [0, 0.1) is 0 Å². The summed E-state index contributed by atoms with van der Waals surface area (Å²) in [6.07, 6.45) is 3.10. The molecule has 2 heterocycles. The van der Waals surface area contributed by atoms with Crippen molar-refractivity contribution in [2.45, 2.75) is 25.3 Å². The summed E-state index contributed by atoms with van der Waals surface area (Å²) < 4.78 is 11.6. The molecule has 2 aliphatic heterocycles. The van der Waals surface area contributed by atoms with E-state index in [4.69, 9.17) is 33.3 Å². The van der Waals surface area contributed by atoms with Gasteiger partial charge in [-0.3, -0.25) is 0 Å². The number of benzene rings is 2. The maximum absolute atomic E-state index is 5.96. The molecule has 26 heavy (non-hydrogen) atoms. The summed E-state index contributed by atoms with van der Waals surface area (Å²) in [4.78, 5) is 2.25. The van der Waals surface area contributed by atoms with Gasteiger partial charge in [-0.2, -0.15) is 0 Å². The van der Waals surface area contributed by atoms with Crippen LogP contribution in [-0.2, 0) is 0 Å². The molecule has 1 atom stereocenters. The molecule has 4 nitrogen and oxygen atoms in total. The molecule has 0 aromatic heterocycles. The number of ether oxygens (including phenoxy) is 2. The minimum atomic E-state index is 0.249. The molecular formula is C20H21ClN2O2S. The standard InChI is InChI=1S/C20H21ClN2O2S/c21-15-5-7-16(8-6-15)22-20(26)23-10-1-3-17(23)14-4-9-18-19(13-14)25-12-2-11-24-18/h4-9,13,17H,1-3,10-12H2,(H,22,26)/t17-/m0/s1. The van der Waals surface area contributed by atoms with E-state index in [1.807, 2.05) is 30.3 Å². The molecule has 136 valence electrons. The van der Waals surface area contributed by atoms with E-state index in [0.717, 1.165) is 48.1 Å². The Morgan fingerprint density at radius 3 is 2.62 bits per heavy atom. The Bertz CT molecular complexity index is 797. The third-order valence-corrected chi connectivity index (χ3v) is 5.35. The smallest absolute Gasteiger partial charge is 0.173 e. The van der Waals surface area contributed by atoms with Gasteiger partial charge in [-0.25, -0.2) is 0 Å². The van der Waals surface area contributed by atoms with Crippen molar-refractivity contribution < 1.29 is 9.47 Å². The van der Waals surface area contributed by atoms with Crippen molar-refractivity contribution in [2.24, 2.45) is 0 Å². The minimum Gasteiger partial charge on any atom is -0.490 e. The number of nitrogens with zero attached hydrogens (tertiary/aromatic N) is 1. The fourth-order valence-electron chi connectivity index (χ4n) is 3.47. The largest absolute Gasteiger partial charge is 0.490 e. The van der Waals surface area contributed by atoms with Crippen LogP contribution in [0.15, 0.2) is 42.5 Å². The van der Waals surface area contributed by atoms with Crippen LogP contribution in [0.3, 0.4) is 0 Å². The molecule has 4 rings (SSSR count). The first kappa shape index (κ1) is 17.4. The Balaban J connectivity index is 1.52. The number of halogens is 1. The van der Waals surface area contributed by atoms with E-state index in [1.54, 1.807) is 0 Å². The molecule has 0 saturated carbocycles. The highest BCUT2D eigenvalue weighted by Gasteiger charge is 2.29. The van der Waals surface area contributed by atoms with Crippen molar-refractivity contribution in [1.29, 1.82) is 0 Å². The van der Waals surface area contributed by atoms with Gasteiger partial charge in [0.2, 0.25) is 0 Å². The molecule has 0 radical (unpaired) electrons. The van der Waals surface area contributed by atoms with Gasteiger partial charge in [-0.1, -0.05) is 17.7 Å². The molecule has 2 aromatic rings. The first-order valence-electron chi connectivity index (χ1n) is 8.93. The van der Waals surface area contributed by atoms with Gasteiger partial charge in [-0.05, 0) is 67.0 Å². The number of nitrogens with one attached hydrogen (secondary N) is 1. The van der Waals surface area contributed by atoms with Gasteiger partial charge in [0.15, 0.2) is 16.6 Å². The average Bonchev–Trinajstić information content (AvgIpc) is 3.02. The average molecular weight is 389 g/mol. The fraction of sp³-hybridized carbons (Fsp3) is 0.350. The quantitative estimate of drug-likeness (QED) is 0.729. The lowest BCUT2D eigenvalue weighted by Crippen LogP contribution is -2.34. The molecule has 1 fully saturated rings. The molecule has 0 unspecified atom stereocenters. The second-order valence-corrected chi connectivity index (χ2v) is 7.37. The molecule has 2 aromatic carbocycles. The minimum absolute atomic E-state index is 0.249. The van der Waals surface area contributed by atoms with Crippen LogP contribution in [0.5, 0.6) is 11.5 Å². The lowest BCUT2D eigenvalue weighted by molar-refractivity contribution is 0.296. The summed E-state index contributed by atoms with van der Waals surface area (Å²) in [5.74, 6) is 1.67. The zero-order valence-corrected chi connectivity index (χ0v) is 16.0. The molecule has 0 spiro atoms. The molecule has 1 N–H and O–H groups in total. The first-order chi connectivity index (χ1) is 12.7. The summed E-state index contributed by atoms with van der Waals surface area (Å²) in [6, 6.07) is 14.1. The SMILES string of the molecule is S=C(Nc1ccc(Cl)cc1)N1CCC[C@H]1c1ccc2c(c1)OCCCO2. The van der Waals surface area contributed by atoms with E-state index >= 15 is 0 Å². The highest BCUT2D eigenvalue weighted by molar-refractivity contribution is 7.80. The van der Waals surface area contributed by atoms with E-state index in [0.29, 0.717) is 18.2 Å². The molecule has 1 saturated heterocycles. The van der Waals surface area contributed by atoms with Gasteiger partial charge in [0.25, 0.3) is 0 Å². The number of rotatable bonds is 2. The Hall–Kier alpha value is -1.98. The number of thiocarbonyl (C=S) groups is 1. The zero-order chi connectivity index (χ0) is 17.9. The van der Waals surface area contributed by atoms with E-state index in [2.05, 4.69) is 22.3 Å². The predicted octanol–water partition coefficient (Wildman–Crippen LogP) is 5.04. The van der Waals surface area contributed by atoms with Crippen molar-refractivity contribution in [1.82, 2.24) is 4.90 Å². The molecular weight excluding hydrogens is 368 g/mol. The van der Waals surface area contributed by atoms with Crippen LogP contribution >= 0.6 is 23.8 Å². The summed E-state index contributed by atoms with van der Waals surface area (Å²) in [5, 5.41) is 4.78. The summed E-state index contributed by atoms with van der Waals surface area (Å²) in [5.41, 5.74) is 2.16. The number of hydrogen-bond acceptors (Lipinski definition) is 3. The van der Waals surface area contributed by atoms with E-state index in [-0.39, 0.29) is 6.04 Å². The maximum atomic E-state index is 5.96. The highest BCUT2D eigenvalue weighted by Crippen LogP contribution is 2.38. The van der Waals surface area contributed by atoms with Gasteiger partial charge < -0.3 is 19.7 Å². The van der Waals surface area contributed by atoms with Crippen molar-refractivity contribution >= 4 is 34.6 Å². The maximum Gasteiger partial charge on any atom is 0.173 e. The zero-order valence-electron chi connectivity index (χ0n) is 14.4. The van der Waals surface area contributed by atoms with Gasteiger partial charge in [-0.15, -0.1) is 0 Å². The van der Waals surface area contributed by atoms with Crippen molar-refractivity contribution in [3.8, 4) is 11.5 Å². The van der Waals surface area contributed by atoms with Crippen LogP contribution in [0.1, 0.15) is 30.9 Å². The fourth-order valence-corrected chi connectivity index (χ4v) is 3.93. The number of anilines is 1. The molecule has 0 amide bonds. The second-order valence-electron chi connectivity index (χ2n) is 6.55. The van der Waals surface area contributed by atoms with Gasteiger partial charge in [0.1, 0.15) is 0 Å². The summed E-state index contributed by atoms with van der Waals surface area (Å²) >= 11 is 11.6. The Kier molecular flexibility index (Phi) is 5.18. The lowest BCUT2D eigenvalue weighted by Gasteiger charge is -2.28. The first-order valence-corrected chi connectivity index (χ1v) is 9.72. The van der Waals surface area contributed by atoms with Crippen molar-refractivity contribution in [2.75, 3.05) is 25.1 Å². The molecule has 0 bridgehead atoms. The predicted molar refractivity (Wildman–Crippen MR) is 108 cm³/mol. The number of likely N-dealkylation sites (tertiary alicyclic amines) is 1. The topological polar surface area (TPSA) is 33.7 Å². The summed E-state index contributed by atoms with van der Waals surface area (Å²) in [6.45, 7) is 2.34. The van der Waals surface area contributed by atoms with Crippen LogP contribution in [0.2, 0.25) is 5.02 Å². The van der Waals surface area contributed by atoms with Crippen LogP contribution in [-0.4, -0.2) is 29.8 Å². The number of hydrogen-bond donors (Lipinski definition) is 1. The van der Waals surface area contributed by atoms with Gasteiger partial charge in [0.05, 0.1) is 19.3 Å². The van der Waals surface area contributed by atoms with E-state index in [9.17, 15) is 0 Å². The Morgan fingerprint density at radius 1 is 1.04 bits per heavy atom. The summed E-state index contributed by atoms with van der Waals surface area (Å²) in [7, 11) is 0. The van der Waals surface area contributed by atoms with Crippen LogP contribution in [0.25, 0.3) is 0 Å². The third kappa shape index (κ3) is 3.74. The van der Waals surface area contributed by atoms with Crippen molar-refractivity contribution in [3.63, 3.8) is 0 Å². The highest BCUT2D eigenvalue weighted by atomic mass is 35.5. The Morgan fingerprint density at radius 2 is 1.81 bits per heavy atom. The van der Waals surface area contributed by atoms with Crippen LogP contribution < -0.4 is 14.8 Å². The van der Waals surface area contributed by atoms with Gasteiger partial charge in [0, 0.05) is 23.7 Å². The second kappa shape index (κ2) is 7.72. The lowest BCUT2D eigenvalue weighted by atomic mass is 10.0. The Labute approximate surface area is 164 Å². The third-order valence-electron chi connectivity index (χ3n) is 4.77. The normalized spacial score (nSPS) is 19.1. The van der Waals surface area contributed by atoms with E-state index in [1.165, 1.54) is 5.56 Å². The van der Waals surface area contributed by atoms with Gasteiger partial charge >= 0.3 is 0 Å². The van der Waals surface area contributed by atoms with Crippen molar-refractivity contribution in [3.05, 3.63) is 53.1 Å². The van der Waals surface area contributed by atoms with Crippen LogP contribution in [0.4, 0.5) is 5.69 Å². The molecule has 0 aliphatic carbocycles. The van der Waals surface area contributed by atoms with E-state index < -0.39 is 0 Å².